The molecular formula is C26H25ClN4O3. The number of aromatic amines is 1. The van der Waals surface area contributed by atoms with Gasteiger partial charge >= 0.3 is 5.97 Å². The van der Waals surface area contributed by atoms with Crippen LogP contribution in [0.5, 0.6) is 5.88 Å². The van der Waals surface area contributed by atoms with E-state index in [2.05, 4.69) is 44.2 Å². The van der Waals surface area contributed by atoms with Crippen molar-refractivity contribution in [3.05, 3.63) is 59.2 Å². The predicted octanol–water partition coefficient (Wildman–Crippen LogP) is 6.10. The molecule has 7 nitrogen and oxygen atoms in total. The van der Waals surface area contributed by atoms with Crippen LogP contribution in [0.15, 0.2) is 48.7 Å². The number of imidazole rings is 1. The average Bonchev–Trinajstić information content (AvgIpc) is 3.27. The van der Waals surface area contributed by atoms with Gasteiger partial charge in [-0.05, 0) is 55.2 Å². The zero-order chi connectivity index (χ0) is 23.7. The summed E-state index contributed by atoms with van der Waals surface area (Å²) in [5.74, 6) is 1.22. The summed E-state index contributed by atoms with van der Waals surface area (Å²) in [4.78, 5) is 27.7. The zero-order valence-electron chi connectivity index (χ0n) is 18.8. The quantitative estimate of drug-likeness (QED) is 0.349. The third-order valence-electron chi connectivity index (χ3n) is 6.62. The molecule has 1 aliphatic carbocycles. The molecule has 0 amide bonds. The number of H-pyrrole nitrogens is 1. The molecule has 1 fully saturated rings. The molecule has 1 aliphatic rings. The number of nitrogens with one attached hydrogen (secondary N) is 1. The Morgan fingerprint density at radius 3 is 2.56 bits per heavy atom. The highest BCUT2D eigenvalue weighted by Crippen LogP contribution is 2.38. The molecule has 4 aromatic rings. The molecular weight excluding hydrogens is 452 g/mol. The maximum Gasteiger partial charge on any atom is 0.303 e. The van der Waals surface area contributed by atoms with Crippen LogP contribution < -0.4 is 4.74 Å². The van der Waals surface area contributed by atoms with Crippen LogP contribution in [0.1, 0.15) is 43.6 Å². The summed E-state index contributed by atoms with van der Waals surface area (Å²) in [6.07, 6.45) is 6.03. The zero-order valence-corrected chi connectivity index (χ0v) is 19.5. The summed E-state index contributed by atoms with van der Waals surface area (Å²) in [6, 6.07) is 13.9. The number of benzene rings is 1. The molecule has 8 heteroatoms. The highest BCUT2D eigenvalue weighted by Gasteiger charge is 2.24. The number of hydrogen-bond donors (Lipinski definition) is 2. The summed E-state index contributed by atoms with van der Waals surface area (Å²) >= 11 is 6.62. The highest BCUT2D eigenvalue weighted by molar-refractivity contribution is 6.33. The first-order chi connectivity index (χ1) is 16.5. The molecule has 0 bridgehead atoms. The van der Waals surface area contributed by atoms with Crippen LogP contribution in [0.3, 0.4) is 0 Å². The van der Waals surface area contributed by atoms with Crippen molar-refractivity contribution in [2.24, 2.45) is 5.92 Å². The van der Waals surface area contributed by atoms with Crippen molar-refractivity contribution >= 4 is 28.7 Å². The minimum absolute atomic E-state index is 0.285. The lowest BCUT2D eigenvalue weighted by Gasteiger charge is -2.28. The standard InChI is InChI=1S/C26H25ClN4O3/c1-34-23-11-10-21-26(30-23)31-25(29-21)19-14-28-22(13-20(19)27)18-8-6-17(7-9-18)16-4-2-15(3-5-16)12-24(32)33/h6-11,13-16H,2-5,12H2,1H3,(H,32,33)(H,29,30,31). The summed E-state index contributed by atoms with van der Waals surface area (Å²) < 4.78 is 5.17. The van der Waals surface area contributed by atoms with Gasteiger partial charge in [-0.2, -0.15) is 4.98 Å². The Morgan fingerprint density at radius 1 is 1.12 bits per heavy atom. The van der Waals surface area contributed by atoms with E-state index >= 15 is 0 Å². The van der Waals surface area contributed by atoms with Crippen LogP contribution in [0, 0.1) is 5.92 Å². The van der Waals surface area contributed by atoms with Gasteiger partial charge in [0, 0.05) is 24.2 Å². The largest absolute Gasteiger partial charge is 0.481 e. The van der Waals surface area contributed by atoms with Gasteiger partial charge in [-0.3, -0.25) is 9.78 Å². The minimum atomic E-state index is -0.692. The lowest BCUT2D eigenvalue weighted by Crippen LogP contribution is -2.16. The number of pyridine rings is 2. The Bertz CT molecular complexity index is 1330. The number of hydrogen-bond acceptors (Lipinski definition) is 5. The number of aromatic nitrogens is 4. The number of carboxylic acid groups (broad SMARTS) is 1. The van der Waals surface area contributed by atoms with E-state index in [1.54, 1.807) is 19.4 Å². The Balaban J connectivity index is 1.31. The molecule has 0 aliphatic heterocycles. The number of ether oxygens (including phenoxy) is 1. The van der Waals surface area contributed by atoms with Gasteiger partial charge in [0.05, 0.1) is 23.4 Å². The van der Waals surface area contributed by atoms with Gasteiger partial charge in [-0.1, -0.05) is 35.9 Å². The van der Waals surface area contributed by atoms with Gasteiger partial charge < -0.3 is 14.8 Å². The summed E-state index contributed by atoms with van der Waals surface area (Å²) in [6.45, 7) is 0. The third-order valence-corrected chi connectivity index (χ3v) is 6.94. The number of rotatable bonds is 6. The lowest BCUT2D eigenvalue weighted by atomic mass is 9.77. The van der Waals surface area contributed by atoms with Gasteiger partial charge in [-0.15, -0.1) is 0 Å². The Morgan fingerprint density at radius 2 is 1.88 bits per heavy atom. The van der Waals surface area contributed by atoms with Crippen LogP contribution in [0.25, 0.3) is 33.8 Å². The highest BCUT2D eigenvalue weighted by atomic mass is 35.5. The molecule has 0 unspecified atom stereocenters. The molecule has 1 aromatic carbocycles. The van der Waals surface area contributed by atoms with E-state index in [0.717, 1.165) is 42.5 Å². The van der Waals surface area contributed by atoms with Crippen LogP contribution in [0.4, 0.5) is 0 Å². The molecule has 3 aromatic heterocycles. The molecule has 0 saturated heterocycles. The molecule has 0 radical (unpaired) electrons. The van der Waals surface area contributed by atoms with Gasteiger partial charge in [0.15, 0.2) is 5.65 Å². The van der Waals surface area contributed by atoms with Crippen molar-refractivity contribution < 1.29 is 14.6 Å². The van der Waals surface area contributed by atoms with E-state index in [9.17, 15) is 4.79 Å². The maximum atomic E-state index is 11.0. The number of halogens is 1. The number of nitrogens with zero attached hydrogens (tertiary/aromatic N) is 3. The van der Waals surface area contributed by atoms with E-state index in [-0.39, 0.29) is 6.42 Å². The SMILES string of the molecule is COc1ccc2nc(-c3cnc(-c4ccc(C5CCC(CC(=O)O)CC5)cc4)cc3Cl)[nH]c2n1. The number of fused-ring (bicyclic) bond motifs is 1. The molecule has 2 N–H and O–H groups in total. The molecule has 1 saturated carbocycles. The smallest absolute Gasteiger partial charge is 0.303 e. The number of methoxy groups -OCH3 is 1. The summed E-state index contributed by atoms with van der Waals surface area (Å²) in [5, 5.41) is 9.57. The second-order valence-electron chi connectivity index (χ2n) is 8.79. The number of carbonyl (C=O) groups is 1. The lowest BCUT2D eigenvalue weighted by molar-refractivity contribution is -0.138. The first kappa shape index (κ1) is 22.3. The molecule has 34 heavy (non-hydrogen) atoms. The predicted molar refractivity (Wildman–Crippen MR) is 131 cm³/mol. The molecule has 174 valence electrons. The van der Waals surface area contributed by atoms with Crippen molar-refractivity contribution in [2.75, 3.05) is 7.11 Å². The molecule has 5 rings (SSSR count). The van der Waals surface area contributed by atoms with E-state index in [4.69, 9.17) is 21.4 Å². The minimum Gasteiger partial charge on any atom is -0.481 e. The molecule has 0 atom stereocenters. The van der Waals surface area contributed by atoms with E-state index < -0.39 is 5.97 Å². The number of aliphatic carboxylic acids is 1. The fraction of sp³-hybridized carbons (Fsp3) is 0.308. The van der Waals surface area contributed by atoms with Crippen LogP contribution in [-0.4, -0.2) is 38.1 Å². The van der Waals surface area contributed by atoms with Crippen LogP contribution in [0.2, 0.25) is 5.02 Å². The van der Waals surface area contributed by atoms with Crippen molar-refractivity contribution in [3.8, 4) is 28.5 Å². The fourth-order valence-corrected chi connectivity index (χ4v) is 5.00. The van der Waals surface area contributed by atoms with Crippen molar-refractivity contribution in [1.82, 2.24) is 19.9 Å². The molecule has 0 spiro atoms. The summed E-state index contributed by atoms with van der Waals surface area (Å²) in [7, 11) is 1.57. The topological polar surface area (TPSA) is 101 Å². The first-order valence-corrected chi connectivity index (χ1v) is 11.8. The van der Waals surface area contributed by atoms with Gasteiger partial charge in [-0.25, -0.2) is 4.98 Å². The van der Waals surface area contributed by atoms with Gasteiger partial charge in [0.2, 0.25) is 5.88 Å². The maximum absolute atomic E-state index is 11.0. The Labute approximate surface area is 202 Å². The third kappa shape index (κ3) is 4.61. The van der Waals surface area contributed by atoms with Gasteiger partial charge in [0.1, 0.15) is 11.3 Å². The Kier molecular flexibility index (Phi) is 6.20. The first-order valence-electron chi connectivity index (χ1n) is 11.4. The van der Waals surface area contributed by atoms with Crippen molar-refractivity contribution in [1.29, 1.82) is 0 Å². The van der Waals surface area contributed by atoms with E-state index in [1.807, 2.05) is 12.1 Å². The average molecular weight is 477 g/mol. The van der Waals surface area contributed by atoms with Crippen LogP contribution in [-0.2, 0) is 4.79 Å². The number of carboxylic acids is 1. The second-order valence-corrected chi connectivity index (χ2v) is 9.20. The molecule has 3 heterocycles. The van der Waals surface area contributed by atoms with E-state index in [0.29, 0.717) is 39.8 Å². The summed E-state index contributed by atoms with van der Waals surface area (Å²) in [5.41, 5.74) is 5.14. The monoisotopic (exact) mass is 476 g/mol. The Hall–Kier alpha value is -3.45. The van der Waals surface area contributed by atoms with Gasteiger partial charge in [0.25, 0.3) is 0 Å². The van der Waals surface area contributed by atoms with Crippen molar-refractivity contribution in [3.63, 3.8) is 0 Å². The normalized spacial score (nSPS) is 18.2. The van der Waals surface area contributed by atoms with E-state index in [1.165, 1.54) is 5.56 Å². The van der Waals surface area contributed by atoms with Crippen LogP contribution >= 0.6 is 11.6 Å². The van der Waals surface area contributed by atoms with Crippen molar-refractivity contribution in [2.45, 2.75) is 38.0 Å². The second kappa shape index (κ2) is 9.43. The fourth-order valence-electron chi connectivity index (χ4n) is 4.75.